The maximum atomic E-state index is 9.89. The lowest BCUT2D eigenvalue weighted by Gasteiger charge is -2.33. The van der Waals surface area contributed by atoms with E-state index in [1.165, 1.54) is 0 Å². The molecule has 0 bridgehead atoms. The Morgan fingerprint density at radius 3 is 2.13 bits per heavy atom. The summed E-state index contributed by atoms with van der Waals surface area (Å²) < 4.78 is 0.144. The van der Waals surface area contributed by atoms with E-state index in [2.05, 4.69) is 50.3 Å². The Balaban J connectivity index is 3.17. The average molecular weight is 318 g/mol. The molecule has 0 spiro atoms. The van der Waals surface area contributed by atoms with Gasteiger partial charge < -0.3 is 5.11 Å². The first-order valence-electron chi connectivity index (χ1n) is 5.31. The van der Waals surface area contributed by atoms with E-state index in [-0.39, 0.29) is 3.42 Å². The lowest BCUT2D eigenvalue weighted by atomic mass is 9.79. The molecule has 84 valence electrons. The van der Waals surface area contributed by atoms with Gasteiger partial charge >= 0.3 is 0 Å². The molecule has 0 saturated carbocycles. The highest BCUT2D eigenvalue weighted by Crippen LogP contribution is 2.43. The molecular formula is C13H19IO. The predicted molar refractivity (Wildman–Crippen MR) is 73.8 cm³/mol. The topological polar surface area (TPSA) is 20.2 Å². The molecule has 1 rings (SSSR count). The zero-order chi connectivity index (χ0) is 11.6. The highest BCUT2D eigenvalue weighted by atomic mass is 127. The van der Waals surface area contributed by atoms with Crippen LogP contribution in [0.1, 0.15) is 39.2 Å². The van der Waals surface area contributed by atoms with E-state index in [0.29, 0.717) is 17.6 Å². The van der Waals surface area contributed by atoms with Gasteiger partial charge in [-0.05, 0) is 17.5 Å². The van der Waals surface area contributed by atoms with Crippen LogP contribution in [0.3, 0.4) is 0 Å². The van der Waals surface area contributed by atoms with Gasteiger partial charge in [0, 0.05) is 9.34 Å². The lowest BCUT2D eigenvalue weighted by molar-refractivity contribution is 0.402. The standard InChI is InChI=1S/C13H19IO/c1-9(2)12(13(3,4)14)10-7-5-6-8-11(10)15/h5-9,12,15H,1-4H3. The molecule has 0 saturated heterocycles. The number of para-hydroxylation sites is 1. The fourth-order valence-electron chi connectivity index (χ4n) is 2.27. The molecule has 0 heterocycles. The summed E-state index contributed by atoms with van der Waals surface area (Å²) in [6, 6.07) is 7.66. The monoisotopic (exact) mass is 318 g/mol. The second-order valence-corrected chi connectivity index (χ2v) is 7.63. The minimum absolute atomic E-state index is 0.144. The maximum absolute atomic E-state index is 9.89. The zero-order valence-electron chi connectivity index (χ0n) is 9.79. The number of phenolic OH excluding ortho intramolecular Hbond substituents is 1. The Kier molecular flexibility index (Phi) is 4.04. The number of benzene rings is 1. The van der Waals surface area contributed by atoms with E-state index in [0.717, 1.165) is 5.56 Å². The van der Waals surface area contributed by atoms with Crippen molar-refractivity contribution in [2.75, 3.05) is 0 Å². The van der Waals surface area contributed by atoms with Crippen LogP contribution in [0.2, 0.25) is 0 Å². The van der Waals surface area contributed by atoms with Crippen molar-refractivity contribution in [2.24, 2.45) is 5.92 Å². The van der Waals surface area contributed by atoms with Crippen LogP contribution >= 0.6 is 22.6 Å². The van der Waals surface area contributed by atoms with Gasteiger partial charge in [-0.3, -0.25) is 0 Å². The van der Waals surface area contributed by atoms with Gasteiger partial charge in [0.15, 0.2) is 0 Å². The molecule has 1 atom stereocenters. The molecule has 0 fully saturated rings. The summed E-state index contributed by atoms with van der Waals surface area (Å²) in [5.74, 6) is 1.31. The number of alkyl halides is 1. The quantitative estimate of drug-likeness (QED) is 0.649. The first-order chi connectivity index (χ1) is 6.84. The molecule has 1 N–H and O–H groups in total. The molecule has 0 aromatic heterocycles. The highest BCUT2D eigenvalue weighted by Gasteiger charge is 2.32. The van der Waals surface area contributed by atoms with E-state index in [1.54, 1.807) is 6.07 Å². The van der Waals surface area contributed by atoms with Crippen molar-refractivity contribution in [2.45, 2.75) is 37.0 Å². The van der Waals surface area contributed by atoms with E-state index in [4.69, 9.17) is 0 Å². The fourth-order valence-corrected chi connectivity index (χ4v) is 3.33. The minimum Gasteiger partial charge on any atom is -0.508 e. The van der Waals surface area contributed by atoms with Gasteiger partial charge in [-0.15, -0.1) is 0 Å². The van der Waals surface area contributed by atoms with E-state index < -0.39 is 0 Å². The Labute approximate surface area is 106 Å². The molecule has 15 heavy (non-hydrogen) atoms. The fraction of sp³-hybridized carbons (Fsp3) is 0.538. The maximum Gasteiger partial charge on any atom is 0.119 e. The SMILES string of the molecule is CC(C)C(c1ccccc1O)C(C)(C)I. The van der Waals surface area contributed by atoms with E-state index in [9.17, 15) is 5.11 Å². The number of hydrogen-bond donors (Lipinski definition) is 1. The van der Waals surface area contributed by atoms with Crippen LogP contribution in [0.15, 0.2) is 24.3 Å². The summed E-state index contributed by atoms with van der Waals surface area (Å²) in [7, 11) is 0. The molecule has 2 heteroatoms. The largest absolute Gasteiger partial charge is 0.508 e. The normalized spacial score (nSPS) is 14.3. The average Bonchev–Trinajstić information content (AvgIpc) is 2.05. The molecule has 1 aromatic carbocycles. The van der Waals surface area contributed by atoms with Crippen molar-refractivity contribution in [3.63, 3.8) is 0 Å². The summed E-state index contributed by atoms with van der Waals surface area (Å²) >= 11 is 2.46. The van der Waals surface area contributed by atoms with Crippen LogP contribution < -0.4 is 0 Å². The number of halogens is 1. The summed E-state index contributed by atoms with van der Waals surface area (Å²) in [6.45, 7) is 8.84. The van der Waals surface area contributed by atoms with Crippen molar-refractivity contribution < 1.29 is 5.11 Å². The van der Waals surface area contributed by atoms with Crippen molar-refractivity contribution in [3.05, 3.63) is 29.8 Å². The molecule has 0 amide bonds. The summed E-state index contributed by atoms with van der Waals surface area (Å²) in [5, 5.41) is 9.89. The highest BCUT2D eigenvalue weighted by molar-refractivity contribution is 14.1. The number of phenols is 1. The first kappa shape index (κ1) is 12.8. The summed E-state index contributed by atoms with van der Waals surface area (Å²) in [5.41, 5.74) is 1.06. The lowest BCUT2D eigenvalue weighted by Crippen LogP contribution is -2.26. The minimum atomic E-state index is 0.144. The molecule has 1 aromatic rings. The van der Waals surface area contributed by atoms with Crippen molar-refractivity contribution in [1.82, 2.24) is 0 Å². The second kappa shape index (κ2) is 4.73. The third kappa shape index (κ3) is 3.10. The third-order valence-electron chi connectivity index (χ3n) is 2.68. The van der Waals surface area contributed by atoms with Crippen LogP contribution in [0.25, 0.3) is 0 Å². The molecule has 0 aliphatic heterocycles. The molecule has 1 nitrogen and oxygen atoms in total. The van der Waals surface area contributed by atoms with Crippen molar-refractivity contribution >= 4 is 22.6 Å². The molecule has 0 aliphatic carbocycles. The smallest absolute Gasteiger partial charge is 0.119 e. The zero-order valence-corrected chi connectivity index (χ0v) is 11.9. The number of aromatic hydroxyl groups is 1. The van der Waals surface area contributed by atoms with Crippen LogP contribution in [0, 0.1) is 5.92 Å². The number of rotatable bonds is 3. The van der Waals surface area contributed by atoms with Gasteiger partial charge in [0.1, 0.15) is 5.75 Å². The third-order valence-corrected chi connectivity index (χ3v) is 3.35. The van der Waals surface area contributed by atoms with E-state index >= 15 is 0 Å². The summed E-state index contributed by atoms with van der Waals surface area (Å²) in [4.78, 5) is 0. The molecule has 0 aliphatic rings. The van der Waals surface area contributed by atoms with Gasteiger partial charge in [-0.25, -0.2) is 0 Å². The van der Waals surface area contributed by atoms with Crippen molar-refractivity contribution in [1.29, 1.82) is 0 Å². The molecule has 1 unspecified atom stereocenters. The molecule has 0 radical (unpaired) electrons. The Morgan fingerprint density at radius 1 is 1.20 bits per heavy atom. The number of hydrogen-bond acceptors (Lipinski definition) is 1. The van der Waals surface area contributed by atoms with Gasteiger partial charge in [-0.2, -0.15) is 0 Å². The predicted octanol–water partition coefficient (Wildman–Crippen LogP) is 4.35. The first-order valence-corrected chi connectivity index (χ1v) is 6.38. The van der Waals surface area contributed by atoms with Gasteiger partial charge in [0.25, 0.3) is 0 Å². The van der Waals surface area contributed by atoms with Crippen molar-refractivity contribution in [3.8, 4) is 5.75 Å². The molecular weight excluding hydrogens is 299 g/mol. The van der Waals surface area contributed by atoms with Gasteiger partial charge in [0.2, 0.25) is 0 Å². The van der Waals surface area contributed by atoms with Gasteiger partial charge in [-0.1, -0.05) is 68.5 Å². The van der Waals surface area contributed by atoms with Crippen LogP contribution in [0.5, 0.6) is 5.75 Å². The van der Waals surface area contributed by atoms with E-state index in [1.807, 2.05) is 18.2 Å². The van der Waals surface area contributed by atoms with Crippen LogP contribution in [0.4, 0.5) is 0 Å². The Hall–Kier alpha value is -0.250. The summed E-state index contributed by atoms with van der Waals surface area (Å²) in [6.07, 6.45) is 0. The Morgan fingerprint density at radius 2 is 1.73 bits per heavy atom. The van der Waals surface area contributed by atoms with Gasteiger partial charge in [0.05, 0.1) is 0 Å². The van der Waals surface area contributed by atoms with Crippen LogP contribution in [-0.2, 0) is 0 Å². The second-order valence-electron chi connectivity index (χ2n) is 4.84. The Bertz CT molecular complexity index is 326. The van der Waals surface area contributed by atoms with Crippen LogP contribution in [-0.4, -0.2) is 8.53 Å².